The molecule has 2 aromatic heterocycles. The summed E-state index contributed by atoms with van der Waals surface area (Å²) in [7, 11) is 0. The van der Waals surface area contributed by atoms with Crippen LogP contribution in [0.15, 0.2) is 30.6 Å². The number of pyridine rings is 1. The van der Waals surface area contributed by atoms with Crippen molar-refractivity contribution in [2.45, 2.75) is 25.4 Å². The van der Waals surface area contributed by atoms with Crippen molar-refractivity contribution >= 4 is 34.4 Å². The Morgan fingerprint density at radius 1 is 1.45 bits per heavy atom. The summed E-state index contributed by atoms with van der Waals surface area (Å²) in [5.41, 5.74) is 2.31. The number of likely N-dealkylation sites (tertiary alicyclic amines) is 1. The summed E-state index contributed by atoms with van der Waals surface area (Å²) >= 11 is 1.41. The number of nitriles is 1. The number of ether oxygens (including phenoxy) is 1. The van der Waals surface area contributed by atoms with Gasteiger partial charge in [-0.2, -0.15) is 5.26 Å². The molecule has 2 aromatic rings. The minimum Gasteiger partial charge on any atom is -0.449 e. The highest BCUT2D eigenvalue weighted by atomic mass is 32.1. The van der Waals surface area contributed by atoms with Crippen molar-refractivity contribution in [1.82, 2.24) is 9.88 Å². The van der Waals surface area contributed by atoms with E-state index in [0.29, 0.717) is 43.1 Å². The Bertz CT molecular complexity index is 1040. The number of thiophene rings is 1. The molecule has 4 rings (SSSR count). The van der Waals surface area contributed by atoms with E-state index in [1.165, 1.54) is 22.3 Å². The van der Waals surface area contributed by atoms with Crippen molar-refractivity contribution in [3.8, 4) is 6.07 Å². The molecular weight excluding hydrogens is 416 g/mol. The molecule has 1 aliphatic heterocycles. The molecule has 0 spiro atoms. The average Bonchev–Trinajstić information content (AvgIpc) is 3.10. The number of carbonyl (C=O) groups is 2. The molecule has 0 saturated carbocycles. The van der Waals surface area contributed by atoms with Crippen LogP contribution in [0.25, 0.3) is 6.08 Å². The molecule has 2 N–H and O–H groups in total. The smallest absolute Gasteiger partial charge is 0.409 e. The van der Waals surface area contributed by atoms with Crippen molar-refractivity contribution in [1.29, 1.82) is 5.26 Å². The number of aliphatic hydroxyl groups is 1. The molecule has 1 fully saturated rings. The fourth-order valence-electron chi connectivity index (χ4n) is 3.69. The molecule has 3 heterocycles. The van der Waals surface area contributed by atoms with Gasteiger partial charge in [0.2, 0.25) is 5.91 Å². The molecule has 1 atom stereocenters. The minimum absolute atomic E-state index is 0.168. The van der Waals surface area contributed by atoms with Gasteiger partial charge in [0, 0.05) is 23.3 Å². The predicted octanol–water partition coefficient (Wildman–Crippen LogP) is 2.58. The number of hydrogen-bond acceptors (Lipinski definition) is 7. The highest BCUT2D eigenvalue weighted by Gasteiger charge is 2.31. The molecule has 0 aromatic carbocycles. The Kier molecular flexibility index (Phi) is 6.30. The number of nitrogens with zero attached hydrogens (tertiary/aromatic N) is 3. The monoisotopic (exact) mass is 438 g/mol. The van der Waals surface area contributed by atoms with E-state index in [2.05, 4.69) is 16.4 Å². The van der Waals surface area contributed by atoms with Crippen LogP contribution in [0.1, 0.15) is 28.0 Å². The number of β-amino-alcohol motifs (C(OH)–C–C–N with tert-alkyl or cyclic N) is 1. The van der Waals surface area contributed by atoms with E-state index >= 15 is 0 Å². The fraction of sp³-hybridized carbons (Fsp3) is 0.364. The quantitative estimate of drug-likeness (QED) is 0.694. The van der Waals surface area contributed by atoms with E-state index in [-0.39, 0.29) is 11.8 Å². The van der Waals surface area contributed by atoms with Crippen LogP contribution in [-0.2, 0) is 22.4 Å². The van der Waals surface area contributed by atoms with Crippen LogP contribution in [-0.4, -0.2) is 52.8 Å². The Hall–Kier alpha value is -3.22. The van der Waals surface area contributed by atoms with Crippen molar-refractivity contribution in [3.63, 3.8) is 0 Å². The molecule has 0 radical (unpaired) electrons. The zero-order valence-corrected chi connectivity index (χ0v) is 17.6. The zero-order chi connectivity index (χ0) is 21.8. The SMILES string of the molecule is N#Cc1c(NC(=O)C=Cc2cccnc2)sc2c1CC[C@H](COC(=O)N1CC(O)C1)C2. The molecule has 0 unspecified atom stereocenters. The lowest BCUT2D eigenvalue weighted by atomic mass is 9.88. The third-order valence-corrected chi connectivity index (χ3v) is 6.56. The summed E-state index contributed by atoms with van der Waals surface area (Å²) in [5, 5.41) is 22.3. The highest BCUT2D eigenvalue weighted by Crippen LogP contribution is 2.39. The lowest BCUT2D eigenvalue weighted by Crippen LogP contribution is -2.53. The summed E-state index contributed by atoms with van der Waals surface area (Å²) in [6, 6.07) is 5.86. The van der Waals surface area contributed by atoms with E-state index in [1.807, 2.05) is 6.07 Å². The summed E-state index contributed by atoms with van der Waals surface area (Å²) in [5.74, 6) is -0.136. The third kappa shape index (κ3) is 4.93. The van der Waals surface area contributed by atoms with Crippen LogP contribution in [0.2, 0.25) is 0 Å². The lowest BCUT2D eigenvalue weighted by molar-refractivity contribution is -0.111. The normalized spacial score (nSPS) is 18.2. The standard InChI is InChI=1S/C22H22N4O4S/c23-9-18-17-5-3-15(13-30-22(29)26-11-16(27)12-26)8-19(17)31-21(18)25-20(28)6-4-14-2-1-7-24-10-14/h1-2,4,6-7,10,15-16,27H,3,5,8,11-13H2,(H,25,28)/t15-/m0/s1. The summed E-state index contributed by atoms with van der Waals surface area (Å²) in [4.78, 5) is 30.8. The fourth-order valence-corrected chi connectivity index (χ4v) is 5.00. The van der Waals surface area contributed by atoms with Gasteiger partial charge in [-0.25, -0.2) is 4.79 Å². The molecule has 160 valence electrons. The number of hydrogen-bond donors (Lipinski definition) is 2. The molecule has 31 heavy (non-hydrogen) atoms. The van der Waals surface area contributed by atoms with Crippen LogP contribution in [0.5, 0.6) is 0 Å². The summed E-state index contributed by atoms with van der Waals surface area (Å²) in [6.45, 7) is 0.949. The Morgan fingerprint density at radius 2 is 2.29 bits per heavy atom. The van der Waals surface area contributed by atoms with Crippen LogP contribution in [0.4, 0.5) is 9.80 Å². The lowest BCUT2D eigenvalue weighted by Gasteiger charge is -2.35. The maximum Gasteiger partial charge on any atom is 0.409 e. The minimum atomic E-state index is -0.451. The third-order valence-electron chi connectivity index (χ3n) is 5.39. The molecule has 8 nitrogen and oxygen atoms in total. The largest absolute Gasteiger partial charge is 0.449 e. The number of rotatable bonds is 5. The van der Waals surface area contributed by atoms with Gasteiger partial charge in [-0.3, -0.25) is 9.78 Å². The number of aliphatic hydroxyl groups excluding tert-OH is 1. The van der Waals surface area contributed by atoms with Gasteiger partial charge in [0.05, 0.1) is 31.4 Å². The molecule has 1 saturated heterocycles. The van der Waals surface area contributed by atoms with Crippen LogP contribution < -0.4 is 5.32 Å². The van der Waals surface area contributed by atoms with Crippen molar-refractivity contribution in [3.05, 3.63) is 52.2 Å². The molecule has 2 amide bonds. The van der Waals surface area contributed by atoms with Gasteiger partial charge in [0.25, 0.3) is 0 Å². The number of aromatic nitrogens is 1. The molecule has 0 bridgehead atoms. The zero-order valence-electron chi connectivity index (χ0n) is 16.8. The van der Waals surface area contributed by atoms with Crippen molar-refractivity contribution in [2.75, 3.05) is 25.0 Å². The van der Waals surface area contributed by atoms with Gasteiger partial charge in [-0.05, 0) is 48.4 Å². The number of nitrogens with one attached hydrogen (secondary N) is 1. The number of anilines is 1. The molecular formula is C22H22N4O4S. The first-order valence-electron chi connectivity index (χ1n) is 10.1. The Balaban J connectivity index is 1.36. The van der Waals surface area contributed by atoms with Gasteiger partial charge < -0.3 is 20.1 Å². The topological polar surface area (TPSA) is 116 Å². The van der Waals surface area contributed by atoms with Crippen molar-refractivity contribution < 1.29 is 19.4 Å². The van der Waals surface area contributed by atoms with Gasteiger partial charge in [0.15, 0.2) is 0 Å². The average molecular weight is 439 g/mol. The van der Waals surface area contributed by atoms with E-state index in [9.17, 15) is 20.0 Å². The van der Waals surface area contributed by atoms with Crippen LogP contribution in [0, 0.1) is 17.2 Å². The van der Waals surface area contributed by atoms with E-state index < -0.39 is 12.2 Å². The Morgan fingerprint density at radius 3 is 3.00 bits per heavy atom. The van der Waals surface area contributed by atoms with Crippen molar-refractivity contribution in [2.24, 2.45) is 5.92 Å². The molecule has 1 aliphatic carbocycles. The molecule has 9 heteroatoms. The van der Waals surface area contributed by atoms with E-state index in [0.717, 1.165) is 22.4 Å². The van der Waals surface area contributed by atoms with Gasteiger partial charge in [-0.1, -0.05) is 6.07 Å². The maximum atomic E-state index is 12.3. The summed E-state index contributed by atoms with van der Waals surface area (Å²) in [6.07, 6.45) is 7.79. The number of fused-ring (bicyclic) bond motifs is 1. The van der Waals surface area contributed by atoms with Crippen LogP contribution in [0.3, 0.4) is 0 Å². The predicted molar refractivity (Wildman–Crippen MR) is 115 cm³/mol. The number of carbonyl (C=O) groups excluding carboxylic acids is 2. The van der Waals surface area contributed by atoms with Gasteiger partial charge in [-0.15, -0.1) is 11.3 Å². The maximum absolute atomic E-state index is 12.3. The second-order valence-corrected chi connectivity index (χ2v) is 8.78. The van der Waals surface area contributed by atoms with Gasteiger partial charge >= 0.3 is 6.09 Å². The first-order valence-corrected chi connectivity index (χ1v) is 10.9. The second kappa shape index (κ2) is 9.29. The number of amides is 2. The van der Waals surface area contributed by atoms with Gasteiger partial charge in [0.1, 0.15) is 11.1 Å². The molecule has 2 aliphatic rings. The second-order valence-electron chi connectivity index (χ2n) is 7.67. The highest BCUT2D eigenvalue weighted by molar-refractivity contribution is 7.16. The Labute approximate surface area is 183 Å². The van der Waals surface area contributed by atoms with E-state index in [4.69, 9.17) is 4.74 Å². The first kappa shape index (κ1) is 21.0. The van der Waals surface area contributed by atoms with E-state index in [1.54, 1.807) is 24.5 Å². The first-order chi connectivity index (χ1) is 15.0. The summed E-state index contributed by atoms with van der Waals surface area (Å²) < 4.78 is 5.38. The van der Waals surface area contributed by atoms with Crippen LogP contribution >= 0.6 is 11.3 Å².